The average Bonchev–Trinajstić information content (AvgIpc) is 2.81. The number of fused-ring (bicyclic) bond motifs is 1. The molecular formula is C24H20F3N5O3. The minimum Gasteiger partial charge on any atom is -0.478 e. The molecule has 180 valence electrons. The van der Waals surface area contributed by atoms with Crippen LogP contribution in [-0.4, -0.2) is 30.6 Å². The van der Waals surface area contributed by atoms with Gasteiger partial charge >= 0.3 is 12.1 Å². The van der Waals surface area contributed by atoms with Crippen molar-refractivity contribution in [2.45, 2.75) is 26.1 Å². The van der Waals surface area contributed by atoms with Crippen molar-refractivity contribution in [3.63, 3.8) is 0 Å². The Hall–Kier alpha value is -4.28. The second-order valence-corrected chi connectivity index (χ2v) is 8.06. The number of rotatable bonds is 5. The Morgan fingerprint density at radius 3 is 2.43 bits per heavy atom. The maximum Gasteiger partial charge on any atom is 0.451 e. The summed E-state index contributed by atoms with van der Waals surface area (Å²) in [4.78, 5) is 36.1. The van der Waals surface area contributed by atoms with Crippen LogP contribution in [0.4, 0.5) is 18.9 Å². The van der Waals surface area contributed by atoms with Crippen LogP contribution in [-0.2, 0) is 13.2 Å². The normalized spacial score (nSPS) is 12.5. The first kappa shape index (κ1) is 23.9. The topological polar surface area (TPSA) is 110 Å². The molecule has 0 amide bonds. The van der Waals surface area contributed by atoms with Crippen molar-refractivity contribution >= 4 is 22.6 Å². The second kappa shape index (κ2) is 8.82. The van der Waals surface area contributed by atoms with Gasteiger partial charge in [0.25, 0.3) is 5.56 Å². The van der Waals surface area contributed by atoms with Crippen LogP contribution >= 0.6 is 0 Å². The van der Waals surface area contributed by atoms with Gasteiger partial charge in [0.05, 0.1) is 28.1 Å². The molecule has 2 N–H and O–H groups in total. The van der Waals surface area contributed by atoms with Crippen molar-refractivity contribution in [2.75, 3.05) is 5.32 Å². The van der Waals surface area contributed by atoms with Crippen LogP contribution in [0.15, 0.2) is 53.6 Å². The Bertz CT molecular complexity index is 1500. The summed E-state index contributed by atoms with van der Waals surface area (Å²) < 4.78 is 39.8. The average molecular weight is 483 g/mol. The molecule has 35 heavy (non-hydrogen) atoms. The van der Waals surface area contributed by atoms with Gasteiger partial charge in [0.15, 0.2) is 0 Å². The third-order valence-corrected chi connectivity index (χ3v) is 5.51. The molecule has 11 heteroatoms. The van der Waals surface area contributed by atoms with Crippen LogP contribution in [0, 0.1) is 6.92 Å². The Morgan fingerprint density at radius 2 is 1.80 bits per heavy atom. The first-order valence-electron chi connectivity index (χ1n) is 10.5. The number of nitrogens with one attached hydrogen (secondary N) is 1. The molecule has 0 radical (unpaired) electrons. The van der Waals surface area contributed by atoms with Crippen LogP contribution < -0.4 is 10.9 Å². The van der Waals surface area contributed by atoms with Gasteiger partial charge < -0.3 is 10.4 Å². The molecule has 4 aromatic rings. The lowest BCUT2D eigenvalue weighted by Gasteiger charge is -2.20. The van der Waals surface area contributed by atoms with Gasteiger partial charge in [0, 0.05) is 30.7 Å². The van der Waals surface area contributed by atoms with Crippen molar-refractivity contribution in [1.29, 1.82) is 0 Å². The molecule has 0 aliphatic heterocycles. The van der Waals surface area contributed by atoms with Crippen LogP contribution in [0.5, 0.6) is 0 Å². The van der Waals surface area contributed by atoms with E-state index in [4.69, 9.17) is 0 Å². The first-order chi connectivity index (χ1) is 16.5. The monoisotopic (exact) mass is 483 g/mol. The number of carboxylic acid groups (broad SMARTS) is 1. The number of para-hydroxylation sites is 1. The largest absolute Gasteiger partial charge is 0.478 e. The van der Waals surface area contributed by atoms with Gasteiger partial charge in [-0.25, -0.2) is 19.7 Å². The predicted molar refractivity (Wildman–Crippen MR) is 123 cm³/mol. The summed E-state index contributed by atoms with van der Waals surface area (Å²) in [5, 5.41) is 13.0. The van der Waals surface area contributed by atoms with Crippen LogP contribution in [0.3, 0.4) is 0 Å². The fourth-order valence-corrected chi connectivity index (χ4v) is 3.84. The number of halogens is 3. The van der Waals surface area contributed by atoms with Gasteiger partial charge in [-0.3, -0.25) is 9.36 Å². The Kier molecular flexibility index (Phi) is 6.01. The van der Waals surface area contributed by atoms with E-state index in [0.717, 1.165) is 18.0 Å². The first-order valence-corrected chi connectivity index (χ1v) is 10.5. The Balaban J connectivity index is 1.86. The molecule has 0 fully saturated rings. The maximum absolute atomic E-state index is 13.2. The van der Waals surface area contributed by atoms with Crippen LogP contribution in [0.1, 0.15) is 40.3 Å². The van der Waals surface area contributed by atoms with Gasteiger partial charge in [0.1, 0.15) is 5.82 Å². The lowest BCUT2D eigenvalue weighted by molar-refractivity contribution is -0.145. The smallest absolute Gasteiger partial charge is 0.451 e. The summed E-state index contributed by atoms with van der Waals surface area (Å²) in [6.07, 6.45) is -2.75. The highest BCUT2D eigenvalue weighted by Crippen LogP contribution is 2.30. The number of carboxylic acids is 1. The highest BCUT2D eigenvalue weighted by molar-refractivity contribution is 5.94. The number of hydrogen-bond donors (Lipinski definition) is 2. The van der Waals surface area contributed by atoms with Crippen molar-refractivity contribution < 1.29 is 23.1 Å². The van der Waals surface area contributed by atoms with Crippen molar-refractivity contribution in [3.05, 3.63) is 81.7 Å². The highest BCUT2D eigenvalue weighted by Gasteiger charge is 2.34. The lowest BCUT2D eigenvalue weighted by atomic mass is 10.0. The molecular weight excluding hydrogens is 463 g/mol. The molecule has 0 saturated heterocycles. The van der Waals surface area contributed by atoms with Crippen LogP contribution in [0.25, 0.3) is 22.3 Å². The summed E-state index contributed by atoms with van der Waals surface area (Å²) in [5.74, 6) is -2.29. The fraction of sp³-hybridized carbons (Fsp3) is 0.208. The van der Waals surface area contributed by atoms with E-state index in [0.29, 0.717) is 22.2 Å². The van der Waals surface area contributed by atoms with Crippen molar-refractivity contribution in [2.24, 2.45) is 7.05 Å². The van der Waals surface area contributed by atoms with Gasteiger partial charge in [-0.1, -0.05) is 18.2 Å². The summed E-state index contributed by atoms with van der Waals surface area (Å²) in [5.41, 5.74) is 1.96. The minimum atomic E-state index is -4.70. The molecule has 2 aromatic carbocycles. The summed E-state index contributed by atoms with van der Waals surface area (Å²) in [6, 6.07) is 9.46. The summed E-state index contributed by atoms with van der Waals surface area (Å²) in [7, 11) is 1.47. The molecule has 1 atom stereocenters. The number of anilines is 1. The van der Waals surface area contributed by atoms with E-state index in [2.05, 4.69) is 20.3 Å². The third-order valence-electron chi connectivity index (χ3n) is 5.51. The lowest BCUT2D eigenvalue weighted by Crippen LogP contribution is -2.22. The molecule has 0 saturated carbocycles. The predicted octanol–water partition coefficient (Wildman–Crippen LogP) is 4.59. The molecule has 0 spiro atoms. The summed E-state index contributed by atoms with van der Waals surface area (Å²) in [6.45, 7) is 3.62. The second-order valence-electron chi connectivity index (χ2n) is 8.06. The van der Waals surface area contributed by atoms with E-state index in [1.807, 2.05) is 13.0 Å². The van der Waals surface area contributed by atoms with Crippen LogP contribution in [0.2, 0.25) is 0 Å². The molecule has 0 aliphatic rings. The number of aromatic carboxylic acids is 1. The molecule has 0 aliphatic carbocycles. The number of benzene rings is 2. The van der Waals surface area contributed by atoms with Crippen molar-refractivity contribution in [1.82, 2.24) is 19.5 Å². The zero-order valence-electron chi connectivity index (χ0n) is 18.9. The Labute approximate surface area is 197 Å². The molecule has 0 bridgehead atoms. The number of aromatic nitrogens is 4. The number of nitrogens with zero attached hydrogens (tertiary/aromatic N) is 4. The zero-order chi connectivity index (χ0) is 25.5. The van der Waals surface area contributed by atoms with Gasteiger partial charge in [-0.2, -0.15) is 13.2 Å². The van der Waals surface area contributed by atoms with Gasteiger partial charge in [0.2, 0.25) is 5.82 Å². The number of hydrogen-bond acceptors (Lipinski definition) is 6. The molecule has 2 heterocycles. The van der Waals surface area contributed by atoms with E-state index >= 15 is 0 Å². The van der Waals surface area contributed by atoms with Gasteiger partial charge in [-0.15, -0.1) is 0 Å². The SMILES string of the molecule is Cc1cc([C@@H](C)Nc2ccccc2C(=O)O)c2nc(-c3cnc(C(F)(F)F)nc3)n(C)c(=O)c2c1. The quantitative estimate of drug-likeness (QED) is 0.427. The maximum atomic E-state index is 13.2. The number of carbonyl (C=O) groups is 1. The molecule has 2 aromatic heterocycles. The van der Waals surface area contributed by atoms with E-state index in [1.54, 1.807) is 31.2 Å². The molecule has 8 nitrogen and oxygen atoms in total. The molecule has 0 unspecified atom stereocenters. The third kappa shape index (κ3) is 4.57. The zero-order valence-corrected chi connectivity index (χ0v) is 18.9. The van der Waals surface area contributed by atoms with E-state index < -0.39 is 29.6 Å². The Morgan fingerprint density at radius 1 is 1.14 bits per heavy atom. The summed E-state index contributed by atoms with van der Waals surface area (Å²) >= 11 is 0. The van der Waals surface area contributed by atoms with Gasteiger partial charge in [-0.05, 0) is 37.6 Å². The van der Waals surface area contributed by atoms with E-state index in [1.165, 1.54) is 17.7 Å². The number of aryl methyl sites for hydroxylation is 1. The molecule has 4 rings (SSSR count). The standard InChI is InChI=1S/C24H20F3N5O3/c1-12-8-16(13(2)30-18-7-5-4-6-15(18)22(34)35)19-17(9-12)21(33)32(3)20(31-19)14-10-28-23(29-11-14)24(25,26)27/h4-11,13,30H,1-3H3,(H,34,35)/t13-/m1/s1. The van der Waals surface area contributed by atoms with Crippen molar-refractivity contribution in [3.8, 4) is 11.4 Å². The number of alkyl halides is 3. The minimum absolute atomic E-state index is 0.0859. The fourth-order valence-electron chi connectivity index (χ4n) is 3.84. The van der Waals surface area contributed by atoms with E-state index in [-0.39, 0.29) is 17.0 Å². The highest BCUT2D eigenvalue weighted by atomic mass is 19.4. The van der Waals surface area contributed by atoms with E-state index in [9.17, 15) is 27.9 Å².